The molecule has 0 atom stereocenters. The van der Waals surface area contributed by atoms with Gasteiger partial charge in [0.2, 0.25) is 0 Å². The minimum absolute atomic E-state index is 0.0450. The number of amides is 1. The largest absolute Gasteiger partial charge is 0.508 e. The van der Waals surface area contributed by atoms with Crippen LogP contribution in [0, 0.1) is 0 Å². The van der Waals surface area contributed by atoms with Gasteiger partial charge >= 0.3 is 0 Å². The smallest absolute Gasteiger partial charge is 0.257 e. The Morgan fingerprint density at radius 1 is 1.08 bits per heavy atom. The average Bonchev–Trinajstić information content (AvgIpc) is 2.57. The standard InChI is InChI=1S/C18H18ClNO4/c19-12-1-4-14(5-2-12)24-15-7-9-20(10-8-15)18(23)16-6-3-13(21)11-17(16)22/h1-6,11,15,21-22H,7-10H2. The fraction of sp³-hybridized carbons (Fsp3) is 0.278. The van der Waals surface area contributed by atoms with Crippen molar-refractivity contribution in [2.45, 2.75) is 18.9 Å². The highest BCUT2D eigenvalue weighted by atomic mass is 35.5. The molecule has 0 unspecified atom stereocenters. The van der Waals surface area contributed by atoms with E-state index < -0.39 is 0 Å². The van der Waals surface area contributed by atoms with E-state index in [1.165, 1.54) is 18.2 Å². The van der Waals surface area contributed by atoms with Gasteiger partial charge in [-0.25, -0.2) is 0 Å². The lowest BCUT2D eigenvalue weighted by molar-refractivity contribution is 0.0593. The van der Waals surface area contributed by atoms with Crippen LogP contribution in [0.15, 0.2) is 42.5 Å². The zero-order valence-corrected chi connectivity index (χ0v) is 13.7. The van der Waals surface area contributed by atoms with E-state index in [-0.39, 0.29) is 29.1 Å². The third-order valence-electron chi connectivity index (χ3n) is 4.06. The third-order valence-corrected chi connectivity index (χ3v) is 4.31. The minimum atomic E-state index is -0.238. The number of rotatable bonds is 3. The normalized spacial score (nSPS) is 15.3. The molecule has 0 saturated carbocycles. The molecule has 126 valence electrons. The van der Waals surface area contributed by atoms with Crippen molar-refractivity contribution in [1.82, 2.24) is 4.90 Å². The summed E-state index contributed by atoms with van der Waals surface area (Å²) in [6.07, 6.45) is 1.48. The van der Waals surface area contributed by atoms with Crippen LogP contribution < -0.4 is 4.74 Å². The van der Waals surface area contributed by atoms with Gasteiger partial charge in [-0.2, -0.15) is 0 Å². The van der Waals surface area contributed by atoms with Gasteiger partial charge in [-0.15, -0.1) is 0 Å². The highest BCUT2D eigenvalue weighted by Gasteiger charge is 2.26. The molecular formula is C18H18ClNO4. The first-order valence-electron chi connectivity index (χ1n) is 7.76. The Hall–Kier alpha value is -2.40. The van der Waals surface area contributed by atoms with Crippen LogP contribution in [0.5, 0.6) is 17.2 Å². The molecule has 24 heavy (non-hydrogen) atoms. The van der Waals surface area contributed by atoms with Crippen molar-refractivity contribution in [2.24, 2.45) is 0 Å². The van der Waals surface area contributed by atoms with E-state index in [4.69, 9.17) is 16.3 Å². The molecule has 0 radical (unpaired) electrons. The Morgan fingerprint density at radius 2 is 1.75 bits per heavy atom. The van der Waals surface area contributed by atoms with Crippen LogP contribution in [-0.4, -0.2) is 40.2 Å². The van der Waals surface area contributed by atoms with E-state index in [1.54, 1.807) is 17.0 Å². The number of carbonyl (C=O) groups excluding carboxylic acids is 1. The number of hydrogen-bond donors (Lipinski definition) is 2. The fourth-order valence-corrected chi connectivity index (χ4v) is 2.88. The number of likely N-dealkylation sites (tertiary alicyclic amines) is 1. The second kappa shape index (κ2) is 7.01. The van der Waals surface area contributed by atoms with Gasteiger partial charge in [0.1, 0.15) is 23.4 Å². The van der Waals surface area contributed by atoms with Gasteiger partial charge in [-0.3, -0.25) is 4.79 Å². The molecule has 2 aromatic carbocycles. The second-order valence-corrected chi connectivity index (χ2v) is 6.20. The van der Waals surface area contributed by atoms with Crippen LogP contribution >= 0.6 is 11.6 Å². The second-order valence-electron chi connectivity index (χ2n) is 5.76. The Kier molecular flexibility index (Phi) is 4.81. The van der Waals surface area contributed by atoms with Crippen molar-refractivity contribution < 1.29 is 19.7 Å². The molecule has 6 heteroatoms. The van der Waals surface area contributed by atoms with E-state index in [0.717, 1.165) is 5.75 Å². The summed E-state index contributed by atoms with van der Waals surface area (Å²) in [4.78, 5) is 14.2. The van der Waals surface area contributed by atoms with Crippen LogP contribution in [0.2, 0.25) is 5.02 Å². The van der Waals surface area contributed by atoms with Crippen molar-refractivity contribution in [3.8, 4) is 17.2 Å². The van der Waals surface area contributed by atoms with Crippen LogP contribution in [0.3, 0.4) is 0 Å². The van der Waals surface area contributed by atoms with Crippen molar-refractivity contribution in [2.75, 3.05) is 13.1 Å². The number of benzene rings is 2. The van der Waals surface area contributed by atoms with E-state index >= 15 is 0 Å². The number of carbonyl (C=O) groups is 1. The maximum atomic E-state index is 12.5. The molecule has 0 bridgehead atoms. The van der Waals surface area contributed by atoms with Crippen molar-refractivity contribution in [3.63, 3.8) is 0 Å². The number of hydrogen-bond acceptors (Lipinski definition) is 4. The number of halogens is 1. The molecule has 0 spiro atoms. The molecule has 0 aliphatic carbocycles. The molecule has 1 amide bonds. The molecule has 1 saturated heterocycles. The third kappa shape index (κ3) is 3.74. The van der Waals surface area contributed by atoms with Crippen LogP contribution in [0.1, 0.15) is 23.2 Å². The summed E-state index contributed by atoms with van der Waals surface area (Å²) in [5.41, 5.74) is 0.199. The summed E-state index contributed by atoms with van der Waals surface area (Å²) >= 11 is 5.85. The summed E-state index contributed by atoms with van der Waals surface area (Å²) in [7, 11) is 0. The van der Waals surface area contributed by atoms with E-state index in [9.17, 15) is 15.0 Å². The molecule has 1 aliphatic heterocycles. The molecule has 0 aromatic heterocycles. The summed E-state index contributed by atoms with van der Waals surface area (Å²) < 4.78 is 5.90. The van der Waals surface area contributed by atoms with Gasteiger partial charge in [-0.1, -0.05) is 11.6 Å². The van der Waals surface area contributed by atoms with Crippen molar-refractivity contribution in [3.05, 3.63) is 53.1 Å². The molecule has 1 aliphatic rings. The van der Waals surface area contributed by atoms with Gasteiger partial charge in [0.25, 0.3) is 5.91 Å². The Labute approximate surface area is 145 Å². The fourth-order valence-electron chi connectivity index (χ4n) is 2.75. The Bertz CT molecular complexity index is 724. The van der Waals surface area contributed by atoms with Crippen molar-refractivity contribution >= 4 is 17.5 Å². The topological polar surface area (TPSA) is 70.0 Å². The summed E-state index contributed by atoms with van der Waals surface area (Å²) in [5.74, 6) is 0.247. The SMILES string of the molecule is O=C(c1ccc(O)cc1O)N1CCC(Oc2ccc(Cl)cc2)CC1. The Balaban J connectivity index is 1.58. The number of ether oxygens (including phenoxy) is 1. The molecule has 2 aromatic rings. The number of nitrogens with zero attached hydrogens (tertiary/aromatic N) is 1. The maximum absolute atomic E-state index is 12.5. The number of piperidine rings is 1. The first-order chi connectivity index (χ1) is 11.5. The molecule has 1 heterocycles. The average molecular weight is 348 g/mol. The molecule has 1 fully saturated rings. The monoisotopic (exact) mass is 347 g/mol. The lowest BCUT2D eigenvalue weighted by atomic mass is 10.1. The zero-order chi connectivity index (χ0) is 17.1. The number of aromatic hydroxyl groups is 2. The molecule has 2 N–H and O–H groups in total. The maximum Gasteiger partial charge on any atom is 0.257 e. The first kappa shape index (κ1) is 16.5. The predicted octanol–water partition coefficient (Wildman–Crippen LogP) is 3.43. The van der Waals surface area contributed by atoms with Gasteiger partial charge in [0, 0.05) is 37.0 Å². The molecule has 3 rings (SSSR count). The summed E-state index contributed by atoms with van der Waals surface area (Å²) in [6, 6.07) is 11.2. The predicted molar refractivity (Wildman–Crippen MR) is 90.8 cm³/mol. The lowest BCUT2D eigenvalue weighted by Gasteiger charge is -2.32. The van der Waals surface area contributed by atoms with Crippen molar-refractivity contribution in [1.29, 1.82) is 0 Å². The van der Waals surface area contributed by atoms with Gasteiger partial charge in [0.05, 0.1) is 5.56 Å². The van der Waals surface area contributed by atoms with Crippen LogP contribution in [0.4, 0.5) is 0 Å². The van der Waals surface area contributed by atoms with Gasteiger partial charge in [0.15, 0.2) is 0 Å². The Morgan fingerprint density at radius 3 is 2.38 bits per heavy atom. The van der Waals surface area contributed by atoms with Gasteiger partial charge in [-0.05, 0) is 36.4 Å². The highest BCUT2D eigenvalue weighted by molar-refractivity contribution is 6.30. The minimum Gasteiger partial charge on any atom is -0.508 e. The highest BCUT2D eigenvalue weighted by Crippen LogP contribution is 2.26. The lowest BCUT2D eigenvalue weighted by Crippen LogP contribution is -2.41. The summed E-state index contributed by atoms with van der Waals surface area (Å²) in [5, 5.41) is 19.8. The van der Waals surface area contributed by atoms with E-state index in [1.807, 2.05) is 12.1 Å². The summed E-state index contributed by atoms with van der Waals surface area (Å²) in [6.45, 7) is 1.11. The zero-order valence-electron chi connectivity index (χ0n) is 13.0. The van der Waals surface area contributed by atoms with Crippen LogP contribution in [-0.2, 0) is 0 Å². The number of phenolic OH excluding ortho intramolecular Hbond substituents is 2. The first-order valence-corrected chi connectivity index (χ1v) is 8.14. The quantitative estimate of drug-likeness (QED) is 0.892. The van der Waals surface area contributed by atoms with E-state index in [0.29, 0.717) is 31.0 Å². The van der Waals surface area contributed by atoms with Gasteiger partial charge < -0.3 is 19.8 Å². The molecule has 5 nitrogen and oxygen atoms in total. The molecular weight excluding hydrogens is 330 g/mol. The van der Waals surface area contributed by atoms with Crippen LogP contribution in [0.25, 0.3) is 0 Å². The van der Waals surface area contributed by atoms with E-state index in [2.05, 4.69) is 0 Å². The number of phenols is 2.